The summed E-state index contributed by atoms with van der Waals surface area (Å²) in [5.74, 6) is 4.11. The van der Waals surface area contributed by atoms with Crippen LogP contribution in [0, 0.1) is 0 Å². The normalized spacial score (nSPS) is 16.1. The number of sulfonamides is 1. The van der Waals surface area contributed by atoms with Crippen molar-refractivity contribution >= 4 is 21.8 Å². The fraction of sp³-hybridized carbons (Fsp3) is 0.333. The van der Waals surface area contributed by atoms with Gasteiger partial charge in [-0.25, -0.2) is 18.6 Å². The highest BCUT2D eigenvalue weighted by atomic mass is 32.2. The van der Waals surface area contributed by atoms with E-state index < -0.39 is 15.9 Å². The number of nitrogens with two attached hydrogens (primary N) is 1. The van der Waals surface area contributed by atoms with Crippen molar-refractivity contribution in [3.05, 3.63) is 29.8 Å². The van der Waals surface area contributed by atoms with E-state index >= 15 is 0 Å². The summed E-state index contributed by atoms with van der Waals surface area (Å²) in [6.45, 7) is 0.0632. The molecule has 0 saturated heterocycles. The molecule has 2 rings (SSSR count). The second kappa shape index (κ2) is 5.59. The zero-order valence-corrected chi connectivity index (χ0v) is 11.5. The van der Waals surface area contributed by atoms with Crippen molar-refractivity contribution in [3.8, 4) is 0 Å². The number of amides is 2. The van der Waals surface area contributed by atoms with Gasteiger partial charge in [0.1, 0.15) is 4.90 Å². The van der Waals surface area contributed by atoms with Crippen LogP contribution in [0.4, 0.5) is 0 Å². The van der Waals surface area contributed by atoms with Gasteiger partial charge in [0.15, 0.2) is 0 Å². The van der Waals surface area contributed by atoms with Gasteiger partial charge in [0.05, 0.1) is 5.56 Å². The molecular weight excluding hydrogens is 282 g/mol. The molecule has 0 bridgehead atoms. The summed E-state index contributed by atoms with van der Waals surface area (Å²) in [7, 11) is -3.74. The van der Waals surface area contributed by atoms with Gasteiger partial charge < -0.3 is 0 Å². The summed E-state index contributed by atoms with van der Waals surface area (Å²) in [5.41, 5.74) is 2.20. The van der Waals surface area contributed by atoms with E-state index in [4.69, 9.17) is 5.84 Å². The summed E-state index contributed by atoms with van der Waals surface area (Å²) < 4.78 is 25.2. The number of carbonyl (C=O) groups is 2. The maximum absolute atomic E-state index is 12.2. The Hall–Kier alpha value is -1.93. The van der Waals surface area contributed by atoms with E-state index in [1.807, 2.05) is 5.43 Å². The molecule has 20 heavy (non-hydrogen) atoms. The van der Waals surface area contributed by atoms with Crippen molar-refractivity contribution < 1.29 is 18.0 Å². The Morgan fingerprint density at radius 1 is 1.25 bits per heavy atom. The molecule has 0 fully saturated rings. The minimum absolute atomic E-state index is 0.0460. The fourth-order valence-electron chi connectivity index (χ4n) is 2.07. The van der Waals surface area contributed by atoms with Crippen LogP contribution < -0.4 is 11.3 Å². The molecule has 2 amide bonds. The molecule has 0 aromatic heterocycles. The predicted octanol–water partition coefficient (Wildman–Crippen LogP) is -0.00870. The highest BCUT2D eigenvalue weighted by Gasteiger charge is 2.40. The molecule has 0 spiro atoms. The van der Waals surface area contributed by atoms with Crippen molar-refractivity contribution in [2.45, 2.75) is 24.2 Å². The number of unbranched alkanes of at least 4 members (excludes halogenated alkanes) is 1. The molecule has 1 heterocycles. The molecule has 8 heteroatoms. The molecule has 0 atom stereocenters. The zero-order chi connectivity index (χ0) is 14.8. The third-order valence-corrected chi connectivity index (χ3v) is 4.93. The van der Waals surface area contributed by atoms with Crippen LogP contribution in [0.2, 0.25) is 0 Å². The minimum atomic E-state index is -3.74. The first-order valence-corrected chi connectivity index (χ1v) is 7.58. The van der Waals surface area contributed by atoms with Gasteiger partial charge in [0, 0.05) is 13.0 Å². The van der Waals surface area contributed by atoms with Crippen molar-refractivity contribution in [2.75, 3.05) is 6.54 Å². The molecule has 0 radical (unpaired) electrons. The number of benzene rings is 1. The Labute approximate surface area is 116 Å². The Morgan fingerprint density at radius 2 is 1.95 bits per heavy atom. The van der Waals surface area contributed by atoms with Crippen LogP contribution in [-0.4, -0.2) is 31.1 Å². The molecule has 1 aromatic rings. The molecule has 0 saturated carbocycles. The van der Waals surface area contributed by atoms with Gasteiger partial charge in [-0.15, -0.1) is 0 Å². The van der Waals surface area contributed by atoms with Gasteiger partial charge in [-0.1, -0.05) is 12.1 Å². The standard InChI is InChI=1S/C12H15N3O4S/c13-14-11(16)7-3-4-8-15-12(17)9-5-1-2-6-10(9)20(15,18)19/h1-2,5-6H,3-4,7-8,13H2,(H,14,16). The maximum atomic E-state index is 12.2. The van der Waals surface area contributed by atoms with E-state index in [-0.39, 0.29) is 29.3 Å². The lowest BCUT2D eigenvalue weighted by molar-refractivity contribution is -0.121. The van der Waals surface area contributed by atoms with Crippen LogP contribution >= 0.6 is 0 Å². The quantitative estimate of drug-likeness (QED) is 0.344. The molecule has 1 aliphatic rings. The number of nitrogens with one attached hydrogen (secondary N) is 1. The van der Waals surface area contributed by atoms with E-state index in [0.29, 0.717) is 12.8 Å². The second-order valence-corrected chi connectivity index (χ2v) is 6.23. The number of rotatable bonds is 5. The van der Waals surface area contributed by atoms with Gasteiger partial charge in [0.2, 0.25) is 5.91 Å². The summed E-state index contributed by atoms with van der Waals surface area (Å²) >= 11 is 0. The van der Waals surface area contributed by atoms with Gasteiger partial charge in [-0.2, -0.15) is 0 Å². The lowest BCUT2D eigenvalue weighted by Gasteiger charge is -2.14. The van der Waals surface area contributed by atoms with E-state index in [0.717, 1.165) is 4.31 Å². The summed E-state index contributed by atoms with van der Waals surface area (Å²) in [5, 5.41) is 0. The number of hydrazine groups is 1. The number of nitrogens with zero attached hydrogens (tertiary/aromatic N) is 1. The van der Waals surface area contributed by atoms with Crippen LogP contribution in [0.3, 0.4) is 0 Å². The Balaban J connectivity index is 2.04. The molecular formula is C12H15N3O4S. The third-order valence-electron chi connectivity index (χ3n) is 3.09. The van der Waals surface area contributed by atoms with E-state index in [1.165, 1.54) is 12.1 Å². The van der Waals surface area contributed by atoms with E-state index in [2.05, 4.69) is 0 Å². The zero-order valence-electron chi connectivity index (χ0n) is 10.7. The first-order valence-electron chi connectivity index (χ1n) is 6.14. The minimum Gasteiger partial charge on any atom is -0.294 e. The van der Waals surface area contributed by atoms with Gasteiger partial charge in [-0.05, 0) is 25.0 Å². The molecule has 7 nitrogen and oxygen atoms in total. The monoisotopic (exact) mass is 297 g/mol. The van der Waals surface area contributed by atoms with E-state index in [9.17, 15) is 18.0 Å². The van der Waals surface area contributed by atoms with Crippen LogP contribution in [0.1, 0.15) is 29.6 Å². The Kier molecular flexibility index (Phi) is 4.05. The van der Waals surface area contributed by atoms with Crippen molar-refractivity contribution in [1.29, 1.82) is 0 Å². The van der Waals surface area contributed by atoms with Gasteiger partial charge in [-0.3, -0.25) is 15.0 Å². The fourth-order valence-corrected chi connectivity index (χ4v) is 3.67. The lowest BCUT2D eigenvalue weighted by Crippen LogP contribution is -2.32. The average molecular weight is 297 g/mol. The summed E-state index contributed by atoms with van der Waals surface area (Å²) in [4.78, 5) is 23.0. The summed E-state index contributed by atoms with van der Waals surface area (Å²) in [6, 6.07) is 6.13. The van der Waals surface area contributed by atoms with Gasteiger partial charge in [0.25, 0.3) is 15.9 Å². The van der Waals surface area contributed by atoms with Crippen LogP contribution in [0.25, 0.3) is 0 Å². The lowest BCUT2D eigenvalue weighted by atomic mass is 10.2. The van der Waals surface area contributed by atoms with Crippen molar-refractivity contribution in [1.82, 2.24) is 9.73 Å². The summed E-state index contributed by atoms with van der Waals surface area (Å²) in [6.07, 6.45) is 1.07. The molecule has 1 aromatic carbocycles. The second-order valence-electron chi connectivity index (χ2n) is 4.40. The molecule has 0 aliphatic carbocycles. The Morgan fingerprint density at radius 3 is 2.60 bits per heavy atom. The Bertz CT molecular complexity index is 642. The number of hydrogen-bond donors (Lipinski definition) is 2. The molecule has 0 unspecified atom stereocenters. The van der Waals surface area contributed by atoms with Gasteiger partial charge >= 0.3 is 0 Å². The smallest absolute Gasteiger partial charge is 0.269 e. The van der Waals surface area contributed by atoms with Crippen LogP contribution in [0.15, 0.2) is 29.2 Å². The first-order chi connectivity index (χ1) is 9.48. The largest absolute Gasteiger partial charge is 0.294 e. The number of carbonyl (C=O) groups excluding carboxylic acids is 2. The molecule has 108 valence electrons. The molecule has 1 aliphatic heterocycles. The third kappa shape index (κ3) is 2.52. The molecule has 3 N–H and O–H groups in total. The van der Waals surface area contributed by atoms with E-state index in [1.54, 1.807) is 12.1 Å². The van der Waals surface area contributed by atoms with Crippen LogP contribution in [-0.2, 0) is 14.8 Å². The predicted molar refractivity (Wildman–Crippen MR) is 70.8 cm³/mol. The highest BCUT2D eigenvalue weighted by Crippen LogP contribution is 2.29. The first kappa shape index (κ1) is 14.5. The van der Waals surface area contributed by atoms with Crippen LogP contribution in [0.5, 0.6) is 0 Å². The van der Waals surface area contributed by atoms with Crippen molar-refractivity contribution in [2.24, 2.45) is 5.84 Å². The number of fused-ring (bicyclic) bond motifs is 1. The maximum Gasteiger partial charge on any atom is 0.269 e. The van der Waals surface area contributed by atoms with Crippen molar-refractivity contribution in [3.63, 3.8) is 0 Å². The number of hydrogen-bond acceptors (Lipinski definition) is 5. The highest BCUT2D eigenvalue weighted by molar-refractivity contribution is 7.90. The SMILES string of the molecule is NNC(=O)CCCCN1C(=O)c2ccccc2S1(=O)=O. The topological polar surface area (TPSA) is 110 Å². The average Bonchev–Trinajstić information content (AvgIpc) is 2.64.